The van der Waals surface area contributed by atoms with Gasteiger partial charge in [-0.1, -0.05) is 52.6 Å². The molecule has 0 N–H and O–H groups in total. The predicted octanol–water partition coefficient (Wildman–Crippen LogP) is 0.199. The van der Waals surface area contributed by atoms with Crippen molar-refractivity contribution in [3.8, 4) is 0 Å². The Morgan fingerprint density at radius 1 is 0.667 bits per heavy atom. The van der Waals surface area contributed by atoms with Crippen molar-refractivity contribution in [3.63, 3.8) is 0 Å². The highest BCUT2D eigenvalue weighted by atomic mass is 15.3. The Bertz CT molecular complexity index is 145. The standard InChI is InChI=1S/C8H22B2N2/c1-7(2,3)11-9-12(10-11)8(4,5)6/h9-10H2,1-6H3/q-2. The van der Waals surface area contributed by atoms with Gasteiger partial charge in [-0.15, -0.1) is 0 Å². The van der Waals surface area contributed by atoms with Gasteiger partial charge in [0, 0.05) is 15.1 Å². The molecule has 1 rings (SSSR count). The second-order valence-corrected chi connectivity index (χ2v) is 6.53. The Kier molecular flexibility index (Phi) is 2.34. The van der Waals surface area contributed by atoms with Gasteiger partial charge in [0.05, 0.1) is 0 Å². The molecule has 1 heterocycles. The maximum atomic E-state index is 2.73. The highest BCUT2D eigenvalue weighted by Gasteiger charge is 2.23. The van der Waals surface area contributed by atoms with Gasteiger partial charge in [-0.05, 0) is 0 Å². The topological polar surface area (TPSA) is 6.48 Å². The van der Waals surface area contributed by atoms with E-state index in [9.17, 15) is 0 Å². The van der Waals surface area contributed by atoms with Crippen molar-refractivity contribution in [2.45, 2.75) is 52.6 Å². The minimum atomic E-state index is 0.0694. The summed E-state index contributed by atoms with van der Waals surface area (Å²) < 4.78 is 5.47. The van der Waals surface area contributed by atoms with Gasteiger partial charge in [-0.2, -0.15) is 0 Å². The van der Waals surface area contributed by atoms with E-state index in [1.807, 2.05) is 0 Å². The van der Waals surface area contributed by atoms with E-state index in [-0.39, 0.29) is 15.1 Å². The molecule has 4 heteroatoms. The maximum absolute atomic E-state index is 2.73. The minimum absolute atomic E-state index is 0.0694. The van der Waals surface area contributed by atoms with Crippen LogP contribution < -0.4 is 0 Å². The molecule has 0 atom stereocenters. The van der Waals surface area contributed by atoms with Crippen LogP contribution in [0.2, 0.25) is 0 Å². The summed E-state index contributed by atoms with van der Waals surface area (Å²) in [6, 6.07) is 0. The lowest BCUT2D eigenvalue weighted by molar-refractivity contribution is 0.249. The third kappa shape index (κ3) is 2.05. The number of rotatable bonds is 0. The van der Waals surface area contributed by atoms with Gasteiger partial charge in [-0.25, -0.2) is 0 Å². The Labute approximate surface area is 77.9 Å². The van der Waals surface area contributed by atoms with E-state index in [0.29, 0.717) is 11.1 Å². The first-order valence-corrected chi connectivity index (χ1v) is 5.24. The Balaban J connectivity index is 2.39. The number of hydrogen-bond donors (Lipinski definition) is 0. The van der Waals surface area contributed by atoms with Gasteiger partial charge in [0.1, 0.15) is 0 Å². The van der Waals surface area contributed by atoms with Gasteiger partial charge in [0.25, 0.3) is 0 Å². The average molecular weight is 168 g/mol. The molecule has 72 valence electrons. The summed E-state index contributed by atoms with van der Waals surface area (Å²) in [4.78, 5) is 0. The third-order valence-electron chi connectivity index (χ3n) is 3.88. The van der Waals surface area contributed by atoms with Crippen molar-refractivity contribution < 1.29 is 0 Å². The lowest BCUT2D eigenvalue weighted by Gasteiger charge is -2.73. The Morgan fingerprint density at radius 3 is 1.08 bits per heavy atom. The van der Waals surface area contributed by atoms with Crippen LogP contribution in [0.3, 0.4) is 0 Å². The second-order valence-electron chi connectivity index (χ2n) is 6.53. The van der Waals surface area contributed by atoms with E-state index < -0.39 is 0 Å². The molecule has 1 aliphatic heterocycles. The molecule has 0 aromatic carbocycles. The molecule has 0 spiro atoms. The van der Waals surface area contributed by atoms with Crippen LogP contribution in [-0.4, -0.2) is 35.6 Å². The molecule has 0 aliphatic carbocycles. The van der Waals surface area contributed by atoms with E-state index in [0.717, 1.165) is 0 Å². The minimum Gasteiger partial charge on any atom is -0.639 e. The van der Waals surface area contributed by atoms with Crippen molar-refractivity contribution in [3.05, 3.63) is 0 Å². The van der Waals surface area contributed by atoms with E-state index in [4.69, 9.17) is 0 Å². The highest BCUT2D eigenvalue weighted by Crippen LogP contribution is 2.23. The summed E-state index contributed by atoms with van der Waals surface area (Å²) in [5, 5.41) is 0. The fraction of sp³-hybridized carbons (Fsp3) is 1.00. The van der Waals surface area contributed by atoms with E-state index in [1.165, 1.54) is 0 Å². The smallest absolute Gasteiger partial charge is 0.0262 e. The molecule has 12 heavy (non-hydrogen) atoms. The van der Waals surface area contributed by atoms with Gasteiger partial charge < -0.3 is 9.44 Å². The predicted molar refractivity (Wildman–Crippen MR) is 60.3 cm³/mol. The van der Waals surface area contributed by atoms with Crippen LogP contribution in [0, 0.1) is 0 Å². The molecule has 0 radical (unpaired) electrons. The van der Waals surface area contributed by atoms with Crippen molar-refractivity contribution in [2.24, 2.45) is 0 Å². The maximum Gasteiger partial charge on any atom is 0.0262 e. The van der Waals surface area contributed by atoms with E-state index in [2.05, 4.69) is 51.0 Å². The van der Waals surface area contributed by atoms with Crippen LogP contribution in [0.5, 0.6) is 0 Å². The largest absolute Gasteiger partial charge is 0.639 e. The van der Waals surface area contributed by atoms with Crippen molar-refractivity contribution in [1.29, 1.82) is 0 Å². The van der Waals surface area contributed by atoms with Crippen molar-refractivity contribution in [2.75, 3.05) is 0 Å². The van der Waals surface area contributed by atoms with Gasteiger partial charge in [0.2, 0.25) is 0 Å². The molecule has 0 aromatic rings. The summed E-state index contributed by atoms with van der Waals surface area (Å²) in [7, 11) is 0.139. The Hall–Kier alpha value is 0.0499. The van der Waals surface area contributed by atoms with Gasteiger partial charge >= 0.3 is 0 Å². The molecule has 1 fully saturated rings. The van der Waals surface area contributed by atoms with E-state index >= 15 is 0 Å². The summed E-state index contributed by atoms with van der Waals surface area (Å²) in [6.45, 7) is 14.0. The zero-order chi connectivity index (χ0) is 9.57. The molecule has 0 unspecified atom stereocenters. The fourth-order valence-electron chi connectivity index (χ4n) is 1.90. The Morgan fingerprint density at radius 2 is 0.917 bits per heavy atom. The second kappa shape index (κ2) is 2.78. The summed E-state index contributed by atoms with van der Waals surface area (Å²) in [5.74, 6) is 0. The van der Waals surface area contributed by atoms with Crippen molar-refractivity contribution >= 4 is 15.1 Å². The zero-order valence-electron chi connectivity index (χ0n) is 9.89. The third-order valence-corrected chi connectivity index (χ3v) is 3.88. The monoisotopic (exact) mass is 168 g/mol. The molecule has 1 saturated heterocycles. The molecule has 0 amide bonds. The van der Waals surface area contributed by atoms with Crippen LogP contribution in [0.1, 0.15) is 41.5 Å². The molecule has 1 aliphatic rings. The zero-order valence-corrected chi connectivity index (χ0v) is 9.89. The SMILES string of the molecule is CC(C)(C)N1[BH2-]N(C(C)(C)C)[BH2-]1. The average Bonchev–Trinajstić information content (AvgIpc) is 1.46. The van der Waals surface area contributed by atoms with Gasteiger partial charge in [-0.3, -0.25) is 0 Å². The van der Waals surface area contributed by atoms with Crippen molar-refractivity contribution in [1.82, 2.24) is 9.44 Å². The highest BCUT2D eigenvalue weighted by molar-refractivity contribution is 6.65. The van der Waals surface area contributed by atoms with E-state index in [1.54, 1.807) is 0 Å². The van der Waals surface area contributed by atoms with Crippen LogP contribution in [0.25, 0.3) is 0 Å². The fourth-order valence-corrected chi connectivity index (χ4v) is 1.90. The lowest BCUT2D eigenvalue weighted by Crippen LogP contribution is -2.71. The van der Waals surface area contributed by atoms with Crippen LogP contribution in [0.15, 0.2) is 0 Å². The number of nitrogens with zero attached hydrogens (tertiary/aromatic N) is 2. The lowest BCUT2D eigenvalue weighted by atomic mass is 9.65. The van der Waals surface area contributed by atoms with Crippen LogP contribution >= 0.6 is 0 Å². The molecule has 0 saturated carbocycles. The molecule has 2 nitrogen and oxygen atoms in total. The summed E-state index contributed by atoms with van der Waals surface area (Å²) >= 11 is 0. The molecule has 0 aromatic heterocycles. The molecular weight excluding hydrogens is 146 g/mol. The first-order valence-electron chi connectivity index (χ1n) is 5.24. The quantitative estimate of drug-likeness (QED) is 0.476. The van der Waals surface area contributed by atoms with Crippen LogP contribution in [0.4, 0.5) is 0 Å². The molecular formula is C8H22B2N2-2. The van der Waals surface area contributed by atoms with Crippen LogP contribution in [-0.2, 0) is 0 Å². The normalized spacial score (nSPS) is 22.5. The first kappa shape index (κ1) is 10.1. The van der Waals surface area contributed by atoms with Gasteiger partial charge in [0.15, 0.2) is 0 Å². The molecule has 0 bridgehead atoms. The number of hydrogen-bond acceptors (Lipinski definition) is 2. The first-order chi connectivity index (χ1) is 5.21. The summed E-state index contributed by atoms with van der Waals surface area (Å²) in [6.07, 6.45) is 0. The summed E-state index contributed by atoms with van der Waals surface area (Å²) in [5.41, 5.74) is 0.892.